The van der Waals surface area contributed by atoms with E-state index < -0.39 is 6.09 Å². The van der Waals surface area contributed by atoms with Gasteiger partial charge in [0, 0.05) is 25.7 Å². The van der Waals surface area contributed by atoms with Crippen LogP contribution in [0.4, 0.5) is 4.79 Å². The van der Waals surface area contributed by atoms with Crippen molar-refractivity contribution in [2.24, 2.45) is 0 Å². The zero-order chi connectivity index (χ0) is 13.8. The van der Waals surface area contributed by atoms with Crippen molar-refractivity contribution < 1.29 is 14.7 Å². The van der Waals surface area contributed by atoms with Gasteiger partial charge in [-0.25, -0.2) is 4.79 Å². The molecule has 0 spiro atoms. The minimum absolute atomic E-state index is 0.0278. The van der Waals surface area contributed by atoms with E-state index in [0.29, 0.717) is 19.6 Å². The lowest BCUT2D eigenvalue weighted by molar-refractivity contribution is -0.132. The molecule has 2 unspecified atom stereocenters. The summed E-state index contributed by atoms with van der Waals surface area (Å²) in [5, 5.41) is 20.0. The number of rotatable bonds is 3. The first-order valence-corrected chi connectivity index (χ1v) is 6.51. The molecule has 2 fully saturated rings. The molecule has 2 atom stereocenters. The topological polar surface area (TPSA) is 96.7 Å². The van der Waals surface area contributed by atoms with Crippen molar-refractivity contribution in [3.8, 4) is 6.07 Å². The van der Waals surface area contributed by atoms with Crippen molar-refractivity contribution in [1.82, 2.24) is 15.1 Å². The van der Waals surface area contributed by atoms with Gasteiger partial charge in [-0.2, -0.15) is 5.26 Å². The van der Waals surface area contributed by atoms with E-state index in [0.717, 1.165) is 19.3 Å². The lowest BCUT2D eigenvalue weighted by atomic mass is 10.2. The number of hydrogen-bond donors (Lipinski definition) is 2. The van der Waals surface area contributed by atoms with Gasteiger partial charge in [0.05, 0.1) is 12.6 Å². The van der Waals surface area contributed by atoms with Crippen LogP contribution in [0.5, 0.6) is 0 Å². The molecule has 0 aliphatic carbocycles. The molecule has 2 aliphatic rings. The molecule has 7 nitrogen and oxygen atoms in total. The molecule has 2 saturated heterocycles. The van der Waals surface area contributed by atoms with Crippen LogP contribution in [0.3, 0.4) is 0 Å². The van der Waals surface area contributed by atoms with Crippen molar-refractivity contribution in [3.63, 3.8) is 0 Å². The summed E-state index contributed by atoms with van der Waals surface area (Å²) in [5.41, 5.74) is 0. The number of carbonyl (C=O) groups is 2. The molecule has 0 aromatic carbocycles. The highest BCUT2D eigenvalue weighted by atomic mass is 16.4. The smallest absolute Gasteiger partial charge is 0.404 e. The van der Waals surface area contributed by atoms with Crippen molar-refractivity contribution >= 4 is 12.0 Å². The fourth-order valence-electron chi connectivity index (χ4n) is 2.75. The number of carboxylic acid groups (broad SMARTS) is 1. The van der Waals surface area contributed by atoms with Gasteiger partial charge in [-0.15, -0.1) is 0 Å². The molecule has 0 saturated carbocycles. The van der Waals surface area contributed by atoms with Crippen LogP contribution in [0.1, 0.15) is 19.3 Å². The molecule has 7 heteroatoms. The van der Waals surface area contributed by atoms with E-state index in [1.165, 1.54) is 0 Å². The van der Waals surface area contributed by atoms with E-state index in [2.05, 4.69) is 11.4 Å². The van der Waals surface area contributed by atoms with Crippen LogP contribution in [0.2, 0.25) is 0 Å². The maximum Gasteiger partial charge on any atom is 0.404 e. The van der Waals surface area contributed by atoms with E-state index in [9.17, 15) is 9.59 Å². The number of nitriles is 1. The number of hydrogen-bond acceptors (Lipinski definition) is 4. The second-order valence-electron chi connectivity index (χ2n) is 5.04. The van der Waals surface area contributed by atoms with Gasteiger partial charge in [-0.1, -0.05) is 0 Å². The first-order chi connectivity index (χ1) is 9.10. The van der Waals surface area contributed by atoms with Crippen molar-refractivity contribution in [3.05, 3.63) is 0 Å². The standard InChI is InChI=1S/C12H18N4O3/c13-6-10-2-1-4-16(10)11(17)8-15-5-3-9(7-15)14-12(18)19/h9-10,14H,1-5,7-8H2,(H,18,19). The molecule has 0 radical (unpaired) electrons. The van der Waals surface area contributed by atoms with E-state index in [-0.39, 0.29) is 24.5 Å². The molecule has 19 heavy (non-hydrogen) atoms. The Morgan fingerprint density at radius 2 is 2.16 bits per heavy atom. The predicted molar refractivity (Wildman–Crippen MR) is 66.4 cm³/mol. The zero-order valence-electron chi connectivity index (χ0n) is 10.7. The largest absolute Gasteiger partial charge is 0.465 e. The van der Waals surface area contributed by atoms with Gasteiger partial charge < -0.3 is 15.3 Å². The molecule has 2 amide bonds. The summed E-state index contributed by atoms with van der Waals surface area (Å²) in [5.74, 6) is -0.0278. The molecule has 2 aliphatic heterocycles. The summed E-state index contributed by atoms with van der Waals surface area (Å²) in [6.45, 7) is 2.20. The number of nitrogens with zero attached hydrogens (tertiary/aromatic N) is 3. The molecule has 2 heterocycles. The lowest BCUT2D eigenvalue weighted by Crippen LogP contribution is -2.43. The Morgan fingerprint density at radius 1 is 1.37 bits per heavy atom. The second kappa shape index (κ2) is 5.89. The van der Waals surface area contributed by atoms with Gasteiger partial charge in [0.1, 0.15) is 6.04 Å². The molecule has 2 N–H and O–H groups in total. The fraction of sp³-hybridized carbons (Fsp3) is 0.750. The maximum absolute atomic E-state index is 12.1. The van der Waals surface area contributed by atoms with E-state index in [1.54, 1.807) is 4.90 Å². The van der Waals surface area contributed by atoms with Gasteiger partial charge in [-0.05, 0) is 19.3 Å². The van der Waals surface area contributed by atoms with Crippen LogP contribution < -0.4 is 5.32 Å². The summed E-state index contributed by atoms with van der Waals surface area (Å²) < 4.78 is 0. The molecule has 0 aromatic heterocycles. The highest BCUT2D eigenvalue weighted by Gasteiger charge is 2.31. The van der Waals surface area contributed by atoms with E-state index in [1.807, 2.05) is 4.90 Å². The Balaban J connectivity index is 1.81. The van der Waals surface area contributed by atoms with Crippen LogP contribution >= 0.6 is 0 Å². The molecule has 2 rings (SSSR count). The third-order valence-corrected chi connectivity index (χ3v) is 3.68. The number of amides is 2. The fourth-order valence-corrected chi connectivity index (χ4v) is 2.75. The van der Waals surface area contributed by atoms with E-state index in [4.69, 9.17) is 10.4 Å². The Hall–Kier alpha value is -1.81. The highest BCUT2D eigenvalue weighted by Crippen LogP contribution is 2.17. The molecular formula is C12H18N4O3. The first kappa shape index (κ1) is 13.6. The van der Waals surface area contributed by atoms with Crippen LogP contribution in [0.15, 0.2) is 0 Å². The van der Waals surface area contributed by atoms with Crippen molar-refractivity contribution in [1.29, 1.82) is 5.26 Å². The quantitative estimate of drug-likeness (QED) is 0.740. The van der Waals surface area contributed by atoms with E-state index >= 15 is 0 Å². The molecule has 104 valence electrons. The van der Waals surface area contributed by atoms with Gasteiger partial charge in [0.2, 0.25) is 5.91 Å². The summed E-state index contributed by atoms with van der Waals surface area (Å²) in [4.78, 5) is 26.2. The maximum atomic E-state index is 12.1. The first-order valence-electron chi connectivity index (χ1n) is 6.51. The summed E-state index contributed by atoms with van der Waals surface area (Å²) in [6.07, 6.45) is 1.34. The van der Waals surface area contributed by atoms with Crippen LogP contribution in [-0.4, -0.2) is 65.2 Å². The number of nitrogens with one attached hydrogen (secondary N) is 1. The number of likely N-dealkylation sites (tertiary alicyclic amines) is 2. The zero-order valence-corrected chi connectivity index (χ0v) is 10.7. The van der Waals surface area contributed by atoms with Crippen LogP contribution in [-0.2, 0) is 4.79 Å². The minimum atomic E-state index is -1.03. The van der Waals surface area contributed by atoms with Crippen LogP contribution in [0.25, 0.3) is 0 Å². The van der Waals surface area contributed by atoms with Crippen molar-refractivity contribution in [2.75, 3.05) is 26.2 Å². The Morgan fingerprint density at radius 3 is 2.84 bits per heavy atom. The van der Waals surface area contributed by atoms with Crippen LogP contribution in [0, 0.1) is 11.3 Å². The SMILES string of the molecule is N#CC1CCCN1C(=O)CN1CCC(NC(=O)O)C1. The average molecular weight is 266 g/mol. The monoisotopic (exact) mass is 266 g/mol. The third-order valence-electron chi connectivity index (χ3n) is 3.68. The lowest BCUT2D eigenvalue weighted by Gasteiger charge is -2.23. The Bertz CT molecular complexity index is 406. The number of carbonyl (C=O) groups excluding carboxylic acids is 1. The molecule has 0 bridgehead atoms. The molecular weight excluding hydrogens is 248 g/mol. The molecule has 0 aromatic rings. The summed E-state index contributed by atoms with van der Waals surface area (Å²) in [7, 11) is 0. The minimum Gasteiger partial charge on any atom is -0.465 e. The Labute approximate surface area is 111 Å². The Kier molecular flexibility index (Phi) is 4.22. The summed E-state index contributed by atoms with van der Waals surface area (Å²) in [6, 6.07) is 1.76. The summed E-state index contributed by atoms with van der Waals surface area (Å²) >= 11 is 0. The second-order valence-corrected chi connectivity index (χ2v) is 5.04. The van der Waals surface area contributed by atoms with Gasteiger partial charge >= 0.3 is 6.09 Å². The highest BCUT2D eigenvalue weighted by molar-refractivity contribution is 5.79. The van der Waals surface area contributed by atoms with Gasteiger partial charge in [0.25, 0.3) is 0 Å². The third kappa shape index (κ3) is 3.35. The van der Waals surface area contributed by atoms with Gasteiger partial charge in [-0.3, -0.25) is 9.69 Å². The van der Waals surface area contributed by atoms with Crippen molar-refractivity contribution in [2.45, 2.75) is 31.3 Å². The predicted octanol–water partition coefficient (Wildman–Crippen LogP) is -0.157. The van der Waals surface area contributed by atoms with Gasteiger partial charge in [0.15, 0.2) is 0 Å². The normalized spacial score (nSPS) is 27.2. The average Bonchev–Trinajstić information content (AvgIpc) is 2.96.